The van der Waals surface area contributed by atoms with Gasteiger partial charge in [0.25, 0.3) is 0 Å². The number of phenols is 2. The first kappa shape index (κ1) is 24.5. The second kappa shape index (κ2) is 9.88. The lowest BCUT2D eigenvalue weighted by atomic mass is 10.1. The molecule has 7 aromatic rings. The van der Waals surface area contributed by atoms with E-state index < -0.39 is 0 Å². The molecule has 0 fully saturated rings. The van der Waals surface area contributed by atoms with Crippen LogP contribution in [0.4, 0.5) is 22.7 Å². The fraction of sp³-hybridized carbons (Fsp3) is 0.0588. The maximum absolute atomic E-state index is 10.5. The van der Waals surface area contributed by atoms with Gasteiger partial charge in [-0.1, -0.05) is 60.7 Å². The van der Waals surface area contributed by atoms with Crippen LogP contribution in [0, 0.1) is 0 Å². The Kier molecular flexibility index (Phi) is 5.90. The maximum atomic E-state index is 10.5. The molecule has 1 heterocycles. The summed E-state index contributed by atoms with van der Waals surface area (Å²) < 4.78 is 2.25. The van der Waals surface area contributed by atoms with E-state index in [0.717, 1.165) is 49.9 Å². The quantitative estimate of drug-likeness (QED) is 0.214. The van der Waals surface area contributed by atoms with Gasteiger partial charge in [0.1, 0.15) is 22.9 Å². The largest absolute Gasteiger partial charge is 0.506 e. The molecule has 41 heavy (non-hydrogen) atoms. The van der Waals surface area contributed by atoms with E-state index in [1.807, 2.05) is 97.1 Å². The lowest BCUT2D eigenvalue weighted by molar-refractivity contribution is 0.476. The van der Waals surface area contributed by atoms with Crippen LogP contribution >= 0.6 is 0 Å². The predicted octanol–water partition coefficient (Wildman–Crippen LogP) is 10.4. The van der Waals surface area contributed by atoms with E-state index in [1.54, 1.807) is 12.1 Å². The highest BCUT2D eigenvalue weighted by molar-refractivity contribution is 6.10. The highest BCUT2D eigenvalue weighted by atomic mass is 16.3. The Morgan fingerprint density at radius 1 is 0.512 bits per heavy atom. The van der Waals surface area contributed by atoms with Crippen molar-refractivity contribution in [2.75, 3.05) is 0 Å². The summed E-state index contributed by atoms with van der Waals surface area (Å²) in [6.07, 6.45) is 0. The van der Waals surface area contributed by atoms with Gasteiger partial charge in [-0.3, -0.25) is 0 Å². The van der Waals surface area contributed by atoms with Gasteiger partial charge in [0.05, 0.1) is 11.4 Å². The molecule has 0 bridgehead atoms. The average molecular weight is 536 g/mol. The second-order valence-corrected chi connectivity index (χ2v) is 9.86. The number of aromatic nitrogens is 1. The molecule has 6 aromatic carbocycles. The lowest BCUT2D eigenvalue weighted by Gasteiger charge is -2.04. The van der Waals surface area contributed by atoms with Crippen LogP contribution in [0.1, 0.15) is 6.92 Å². The van der Waals surface area contributed by atoms with Crippen molar-refractivity contribution >= 4 is 66.1 Å². The molecule has 0 saturated heterocycles. The summed E-state index contributed by atoms with van der Waals surface area (Å²) in [4.78, 5) is 0. The number of azo groups is 2. The standard InChI is InChI=1S/C34H25N5O2/c1-2-39-29-15-13-23(35-37-33-25-9-5-3-7-21(25)11-17-31(33)40)19-27(29)28-20-24(14-16-30(28)39)36-38-34-26-10-6-4-8-22(26)12-18-32(34)41/h3-20,40-41H,2H2,1H3. The first-order chi connectivity index (χ1) is 20.1. The molecule has 198 valence electrons. The Labute approximate surface area is 235 Å². The van der Waals surface area contributed by atoms with Crippen molar-refractivity contribution in [2.24, 2.45) is 20.5 Å². The Bertz CT molecular complexity index is 2030. The molecule has 0 spiro atoms. The molecule has 7 heteroatoms. The Morgan fingerprint density at radius 2 is 0.976 bits per heavy atom. The number of aryl methyl sites for hydroxylation is 1. The molecule has 0 atom stereocenters. The molecular weight excluding hydrogens is 510 g/mol. The second-order valence-electron chi connectivity index (χ2n) is 9.86. The highest BCUT2D eigenvalue weighted by Gasteiger charge is 2.12. The fourth-order valence-corrected chi connectivity index (χ4v) is 5.46. The van der Waals surface area contributed by atoms with Gasteiger partial charge in [0.15, 0.2) is 0 Å². The molecule has 2 N–H and O–H groups in total. The summed E-state index contributed by atoms with van der Waals surface area (Å²) in [5, 5.41) is 44.5. The molecule has 0 aliphatic heterocycles. The number of hydrogen-bond donors (Lipinski definition) is 2. The fourth-order valence-electron chi connectivity index (χ4n) is 5.46. The number of phenolic OH excluding ortho intramolecular Hbond substituents is 2. The first-order valence-electron chi connectivity index (χ1n) is 13.4. The van der Waals surface area contributed by atoms with Crippen LogP contribution in [-0.4, -0.2) is 14.8 Å². The van der Waals surface area contributed by atoms with Gasteiger partial charge >= 0.3 is 0 Å². The number of hydrogen-bond acceptors (Lipinski definition) is 6. The number of aromatic hydroxyl groups is 2. The van der Waals surface area contributed by atoms with Gasteiger partial charge < -0.3 is 14.8 Å². The van der Waals surface area contributed by atoms with Crippen LogP contribution in [0.2, 0.25) is 0 Å². The molecule has 0 aliphatic rings. The number of fused-ring (bicyclic) bond motifs is 5. The van der Waals surface area contributed by atoms with Crippen LogP contribution in [0.3, 0.4) is 0 Å². The molecular formula is C34H25N5O2. The maximum Gasteiger partial charge on any atom is 0.143 e. The van der Waals surface area contributed by atoms with Crippen LogP contribution in [0.25, 0.3) is 43.4 Å². The Hall–Kier alpha value is -5.56. The zero-order valence-electron chi connectivity index (χ0n) is 22.2. The third kappa shape index (κ3) is 4.24. The summed E-state index contributed by atoms with van der Waals surface area (Å²) in [5.74, 6) is 0.173. The third-order valence-electron chi connectivity index (χ3n) is 7.44. The molecule has 1 aromatic heterocycles. The van der Waals surface area contributed by atoms with Gasteiger partial charge in [-0.25, -0.2) is 0 Å². The van der Waals surface area contributed by atoms with Crippen molar-refractivity contribution in [1.29, 1.82) is 0 Å². The topological polar surface area (TPSA) is 94.8 Å². The highest BCUT2D eigenvalue weighted by Crippen LogP contribution is 2.39. The van der Waals surface area contributed by atoms with Gasteiger partial charge in [-0.15, -0.1) is 10.2 Å². The van der Waals surface area contributed by atoms with Crippen LogP contribution in [-0.2, 0) is 6.54 Å². The zero-order valence-corrected chi connectivity index (χ0v) is 22.2. The number of nitrogens with zero attached hydrogens (tertiary/aromatic N) is 5. The van der Waals surface area contributed by atoms with Crippen molar-refractivity contribution in [2.45, 2.75) is 13.5 Å². The molecule has 7 rings (SSSR count). The average Bonchev–Trinajstić information content (AvgIpc) is 3.32. The smallest absolute Gasteiger partial charge is 0.143 e. The van der Waals surface area contributed by atoms with Crippen molar-refractivity contribution < 1.29 is 10.2 Å². The predicted molar refractivity (Wildman–Crippen MR) is 165 cm³/mol. The van der Waals surface area contributed by atoms with Gasteiger partial charge in [-0.2, -0.15) is 10.2 Å². The SMILES string of the molecule is CCn1c2ccc(N=Nc3c(O)ccc4ccccc34)cc2c2cc(N=Nc3c(O)ccc4ccccc34)ccc21. The zero-order chi connectivity index (χ0) is 27.9. The summed E-state index contributed by atoms with van der Waals surface area (Å²) in [6.45, 7) is 2.92. The van der Waals surface area contributed by atoms with Crippen molar-refractivity contribution in [3.63, 3.8) is 0 Å². The van der Waals surface area contributed by atoms with E-state index in [9.17, 15) is 10.2 Å². The van der Waals surface area contributed by atoms with Crippen LogP contribution < -0.4 is 0 Å². The van der Waals surface area contributed by atoms with Crippen molar-refractivity contribution in [3.8, 4) is 11.5 Å². The summed E-state index contributed by atoms with van der Waals surface area (Å²) in [6, 6.07) is 34.6. The lowest BCUT2D eigenvalue weighted by Crippen LogP contribution is -1.92. The molecule has 0 radical (unpaired) electrons. The monoisotopic (exact) mass is 535 g/mol. The molecule has 7 nitrogen and oxygen atoms in total. The molecule has 0 aliphatic carbocycles. The minimum atomic E-state index is 0.0864. The summed E-state index contributed by atoms with van der Waals surface area (Å²) >= 11 is 0. The number of benzene rings is 6. The summed E-state index contributed by atoms with van der Waals surface area (Å²) in [7, 11) is 0. The summed E-state index contributed by atoms with van der Waals surface area (Å²) in [5.41, 5.74) is 4.39. The van der Waals surface area contributed by atoms with Gasteiger partial charge in [0.2, 0.25) is 0 Å². The molecule has 0 saturated carbocycles. The van der Waals surface area contributed by atoms with Gasteiger partial charge in [0, 0.05) is 39.1 Å². The van der Waals surface area contributed by atoms with Crippen molar-refractivity contribution in [1.82, 2.24) is 4.57 Å². The van der Waals surface area contributed by atoms with E-state index >= 15 is 0 Å². The van der Waals surface area contributed by atoms with Crippen LogP contribution in [0.15, 0.2) is 130 Å². The first-order valence-corrected chi connectivity index (χ1v) is 13.4. The molecule has 0 amide bonds. The van der Waals surface area contributed by atoms with E-state index in [0.29, 0.717) is 22.7 Å². The van der Waals surface area contributed by atoms with Crippen molar-refractivity contribution in [3.05, 3.63) is 109 Å². The van der Waals surface area contributed by atoms with Gasteiger partial charge in [-0.05, 0) is 66.2 Å². The minimum Gasteiger partial charge on any atom is -0.506 e. The van der Waals surface area contributed by atoms with E-state index in [-0.39, 0.29) is 11.5 Å². The Balaban J connectivity index is 1.31. The number of rotatable bonds is 5. The Morgan fingerprint density at radius 3 is 1.44 bits per heavy atom. The van der Waals surface area contributed by atoms with E-state index in [4.69, 9.17) is 0 Å². The third-order valence-corrected chi connectivity index (χ3v) is 7.44. The van der Waals surface area contributed by atoms with E-state index in [1.165, 1.54) is 0 Å². The minimum absolute atomic E-state index is 0.0864. The van der Waals surface area contributed by atoms with Crippen LogP contribution in [0.5, 0.6) is 11.5 Å². The normalized spacial score (nSPS) is 12.1. The molecule has 0 unspecified atom stereocenters. The van der Waals surface area contributed by atoms with E-state index in [2.05, 4.69) is 31.9 Å².